The summed E-state index contributed by atoms with van der Waals surface area (Å²) in [6.45, 7) is 7.92. The van der Waals surface area contributed by atoms with Crippen LogP contribution in [0.3, 0.4) is 0 Å². The maximum Gasteiger partial charge on any atom is 0.410 e. The highest BCUT2D eigenvalue weighted by Crippen LogP contribution is 2.28. The number of ether oxygens (including phenoxy) is 4. The summed E-state index contributed by atoms with van der Waals surface area (Å²) in [5.41, 5.74) is 2.25. The van der Waals surface area contributed by atoms with Gasteiger partial charge in [-0.1, -0.05) is 24.3 Å². The number of pyridine rings is 1. The summed E-state index contributed by atoms with van der Waals surface area (Å²) in [7, 11) is 0. The fourth-order valence-corrected chi connectivity index (χ4v) is 3.52. The minimum atomic E-state index is -0.505. The van der Waals surface area contributed by atoms with Crippen molar-refractivity contribution in [3.05, 3.63) is 48.0 Å². The lowest BCUT2D eigenvalue weighted by atomic mass is 10.1. The third-order valence-corrected chi connectivity index (χ3v) is 4.88. The standard InChI is InChI=1S/C23H28N2O5/c1-23(2,3)30-22(26)25-11-10-18(15-25)29-20-9-5-8-19(24-20)16-6-4-7-17(14-16)21-27-12-13-28-21/h4-9,14,18,21H,10-13,15H2,1-3H3. The van der Waals surface area contributed by atoms with Gasteiger partial charge in [0.2, 0.25) is 5.88 Å². The molecule has 0 N–H and O–H groups in total. The molecular weight excluding hydrogens is 384 g/mol. The molecule has 1 amide bonds. The van der Waals surface area contributed by atoms with E-state index in [1.165, 1.54) is 0 Å². The van der Waals surface area contributed by atoms with Gasteiger partial charge in [0.15, 0.2) is 6.29 Å². The van der Waals surface area contributed by atoms with Crippen molar-refractivity contribution in [1.82, 2.24) is 9.88 Å². The molecule has 1 unspecified atom stereocenters. The first-order valence-electron chi connectivity index (χ1n) is 10.3. The second-order valence-electron chi connectivity index (χ2n) is 8.51. The Morgan fingerprint density at radius 1 is 1.13 bits per heavy atom. The summed E-state index contributed by atoms with van der Waals surface area (Å²) in [4.78, 5) is 18.6. The monoisotopic (exact) mass is 412 g/mol. The van der Waals surface area contributed by atoms with Crippen LogP contribution in [0.15, 0.2) is 42.5 Å². The van der Waals surface area contributed by atoms with Gasteiger partial charge in [0.05, 0.1) is 25.5 Å². The van der Waals surface area contributed by atoms with Crippen LogP contribution in [-0.2, 0) is 14.2 Å². The van der Waals surface area contributed by atoms with Gasteiger partial charge in [-0.05, 0) is 32.9 Å². The SMILES string of the molecule is CC(C)(C)OC(=O)N1CCC(Oc2cccc(-c3cccc(C4OCCO4)c3)n2)C1. The second kappa shape index (κ2) is 8.62. The molecule has 2 fully saturated rings. The lowest BCUT2D eigenvalue weighted by Gasteiger charge is -2.24. The molecule has 1 aromatic heterocycles. The zero-order chi connectivity index (χ0) is 21.1. The molecule has 4 rings (SSSR count). The minimum Gasteiger partial charge on any atom is -0.472 e. The summed E-state index contributed by atoms with van der Waals surface area (Å²) < 4.78 is 22.7. The van der Waals surface area contributed by atoms with Crippen molar-refractivity contribution in [3.8, 4) is 17.1 Å². The Morgan fingerprint density at radius 2 is 1.90 bits per heavy atom. The van der Waals surface area contributed by atoms with Crippen LogP contribution in [0, 0.1) is 0 Å². The van der Waals surface area contributed by atoms with E-state index >= 15 is 0 Å². The average Bonchev–Trinajstić information content (AvgIpc) is 3.39. The molecule has 7 nitrogen and oxygen atoms in total. The van der Waals surface area contributed by atoms with E-state index in [4.69, 9.17) is 18.9 Å². The molecule has 160 valence electrons. The number of rotatable bonds is 4. The number of nitrogens with zero attached hydrogens (tertiary/aromatic N) is 2. The van der Waals surface area contributed by atoms with E-state index in [9.17, 15) is 4.79 Å². The van der Waals surface area contributed by atoms with Crippen LogP contribution in [0.1, 0.15) is 39.0 Å². The summed E-state index contributed by atoms with van der Waals surface area (Å²) in [5.74, 6) is 0.544. The summed E-state index contributed by atoms with van der Waals surface area (Å²) >= 11 is 0. The molecule has 1 atom stereocenters. The maximum atomic E-state index is 12.3. The molecule has 0 bridgehead atoms. The Morgan fingerprint density at radius 3 is 2.67 bits per heavy atom. The Kier molecular flexibility index (Phi) is 5.92. The van der Waals surface area contributed by atoms with Crippen molar-refractivity contribution in [2.75, 3.05) is 26.3 Å². The third kappa shape index (κ3) is 5.09. The van der Waals surface area contributed by atoms with Gasteiger partial charge in [-0.3, -0.25) is 0 Å². The topological polar surface area (TPSA) is 70.1 Å². The predicted octanol–water partition coefficient (Wildman–Crippen LogP) is 4.18. The first-order chi connectivity index (χ1) is 14.4. The Balaban J connectivity index is 1.41. The number of carbonyl (C=O) groups excluding carboxylic acids is 1. The highest BCUT2D eigenvalue weighted by atomic mass is 16.7. The van der Waals surface area contributed by atoms with E-state index < -0.39 is 5.60 Å². The van der Waals surface area contributed by atoms with Crippen LogP contribution in [-0.4, -0.2) is 54.0 Å². The highest BCUT2D eigenvalue weighted by Gasteiger charge is 2.31. The van der Waals surface area contributed by atoms with Gasteiger partial charge in [-0.2, -0.15) is 0 Å². The number of hydrogen-bond donors (Lipinski definition) is 0. The average molecular weight is 412 g/mol. The molecule has 0 saturated carbocycles. The maximum absolute atomic E-state index is 12.3. The summed E-state index contributed by atoms with van der Waals surface area (Å²) in [5, 5.41) is 0. The van der Waals surface area contributed by atoms with Crippen LogP contribution in [0.2, 0.25) is 0 Å². The summed E-state index contributed by atoms with van der Waals surface area (Å²) in [6, 6.07) is 13.7. The van der Waals surface area contributed by atoms with Crippen LogP contribution in [0.4, 0.5) is 4.79 Å². The van der Waals surface area contributed by atoms with Gasteiger partial charge in [-0.15, -0.1) is 0 Å². The second-order valence-corrected chi connectivity index (χ2v) is 8.51. The Bertz CT molecular complexity index is 889. The number of carbonyl (C=O) groups is 1. The zero-order valence-corrected chi connectivity index (χ0v) is 17.7. The number of aromatic nitrogens is 1. The molecule has 2 aromatic rings. The van der Waals surface area contributed by atoms with Crippen LogP contribution in [0.5, 0.6) is 5.88 Å². The quantitative estimate of drug-likeness (QED) is 0.750. The number of likely N-dealkylation sites (tertiary alicyclic amines) is 1. The zero-order valence-electron chi connectivity index (χ0n) is 17.7. The van der Waals surface area contributed by atoms with Gasteiger partial charge >= 0.3 is 6.09 Å². The third-order valence-electron chi connectivity index (χ3n) is 4.88. The predicted molar refractivity (Wildman–Crippen MR) is 111 cm³/mol. The van der Waals surface area contributed by atoms with Gasteiger partial charge in [0.25, 0.3) is 0 Å². The first-order valence-corrected chi connectivity index (χ1v) is 10.3. The molecule has 7 heteroatoms. The molecule has 0 spiro atoms. The molecule has 2 aliphatic heterocycles. The molecule has 0 radical (unpaired) electrons. The van der Waals surface area contributed by atoms with Gasteiger partial charge < -0.3 is 23.8 Å². The molecule has 1 aromatic carbocycles. The van der Waals surface area contributed by atoms with Gasteiger partial charge in [-0.25, -0.2) is 9.78 Å². The van der Waals surface area contributed by atoms with Gasteiger partial charge in [0, 0.05) is 30.2 Å². The normalized spacial score (nSPS) is 19.8. The fraction of sp³-hybridized carbons (Fsp3) is 0.478. The molecular formula is C23H28N2O5. The number of benzene rings is 1. The Hall–Kier alpha value is -2.64. The number of amides is 1. The fourth-order valence-electron chi connectivity index (χ4n) is 3.52. The minimum absolute atomic E-state index is 0.105. The van der Waals surface area contributed by atoms with Crippen LogP contribution < -0.4 is 4.74 Å². The van der Waals surface area contributed by atoms with Crippen molar-refractivity contribution in [2.45, 2.75) is 45.2 Å². The first kappa shape index (κ1) is 20.6. The highest BCUT2D eigenvalue weighted by molar-refractivity contribution is 5.68. The largest absolute Gasteiger partial charge is 0.472 e. The van der Waals surface area contributed by atoms with Crippen molar-refractivity contribution >= 4 is 6.09 Å². The molecule has 3 heterocycles. The van der Waals surface area contributed by atoms with E-state index in [1.807, 2.05) is 63.2 Å². The lowest BCUT2D eigenvalue weighted by molar-refractivity contribution is -0.0440. The van der Waals surface area contributed by atoms with E-state index in [1.54, 1.807) is 4.90 Å². The van der Waals surface area contributed by atoms with Crippen LogP contribution >= 0.6 is 0 Å². The van der Waals surface area contributed by atoms with E-state index in [0.717, 1.165) is 23.2 Å². The molecule has 30 heavy (non-hydrogen) atoms. The van der Waals surface area contributed by atoms with E-state index in [0.29, 0.717) is 32.2 Å². The van der Waals surface area contributed by atoms with E-state index in [-0.39, 0.29) is 18.5 Å². The molecule has 2 aliphatic rings. The molecule has 0 aliphatic carbocycles. The van der Waals surface area contributed by atoms with Crippen molar-refractivity contribution in [2.24, 2.45) is 0 Å². The van der Waals surface area contributed by atoms with Gasteiger partial charge in [0.1, 0.15) is 11.7 Å². The lowest BCUT2D eigenvalue weighted by Crippen LogP contribution is -2.36. The Labute approximate surface area is 176 Å². The van der Waals surface area contributed by atoms with Crippen molar-refractivity contribution in [3.63, 3.8) is 0 Å². The van der Waals surface area contributed by atoms with Crippen molar-refractivity contribution < 1.29 is 23.7 Å². The molecule has 2 saturated heterocycles. The summed E-state index contributed by atoms with van der Waals surface area (Å²) in [6.07, 6.45) is 0.0221. The number of hydrogen-bond acceptors (Lipinski definition) is 6. The van der Waals surface area contributed by atoms with Crippen LogP contribution in [0.25, 0.3) is 11.3 Å². The smallest absolute Gasteiger partial charge is 0.410 e. The van der Waals surface area contributed by atoms with Crippen molar-refractivity contribution in [1.29, 1.82) is 0 Å². The van der Waals surface area contributed by atoms with E-state index in [2.05, 4.69) is 4.98 Å².